The fourth-order valence-corrected chi connectivity index (χ4v) is 5.35. The number of nitrogen functional groups attached to an aromatic ring is 1. The van der Waals surface area contributed by atoms with Crippen LogP contribution in [0, 0.1) is 5.92 Å². The summed E-state index contributed by atoms with van der Waals surface area (Å²) in [4.78, 5) is 23.7. The molecular weight excluding hydrogens is 425 g/mol. The van der Waals surface area contributed by atoms with Gasteiger partial charge >= 0.3 is 6.72 Å². The molecule has 0 bridgehead atoms. The molecule has 2 fully saturated rings. The first-order valence-corrected chi connectivity index (χ1v) is 11.9. The van der Waals surface area contributed by atoms with Gasteiger partial charge in [0.25, 0.3) is 0 Å². The van der Waals surface area contributed by atoms with Crippen LogP contribution in [0.1, 0.15) is 6.23 Å². The van der Waals surface area contributed by atoms with Gasteiger partial charge in [-0.2, -0.15) is 0 Å². The van der Waals surface area contributed by atoms with Crippen LogP contribution in [0.25, 0.3) is 21.9 Å². The van der Waals surface area contributed by atoms with Gasteiger partial charge in [-0.1, -0.05) is 6.07 Å². The van der Waals surface area contributed by atoms with Crippen molar-refractivity contribution < 1.29 is 23.8 Å². The number of rotatable bonds is 2. The van der Waals surface area contributed by atoms with Crippen molar-refractivity contribution in [1.82, 2.24) is 19.5 Å². The third-order valence-electron chi connectivity index (χ3n) is 4.86. The molecule has 5 unspecified atom stereocenters. The Morgan fingerprint density at radius 1 is 1.32 bits per heavy atom. The average molecular weight is 441 g/mol. The van der Waals surface area contributed by atoms with Gasteiger partial charge in [0.15, 0.2) is 29.0 Å². The van der Waals surface area contributed by atoms with Gasteiger partial charge in [0, 0.05) is 5.92 Å². The van der Waals surface area contributed by atoms with Crippen LogP contribution in [0.2, 0.25) is 0 Å². The number of fused-ring (bicyclic) bond motifs is 2. The minimum atomic E-state index is -3.30. The first kappa shape index (κ1) is 18.5. The number of hydrogen-bond donors (Lipinski definition) is 3. The van der Waals surface area contributed by atoms with Gasteiger partial charge < -0.3 is 29.5 Å². The van der Waals surface area contributed by atoms with E-state index in [2.05, 4.69) is 15.0 Å². The summed E-state index contributed by atoms with van der Waals surface area (Å²) in [7, 11) is 0. The Hall–Kier alpha value is -1.50. The maximum atomic E-state index is 11.0. The second-order valence-electron chi connectivity index (χ2n) is 6.49. The van der Waals surface area contributed by atoms with Gasteiger partial charge in [0.1, 0.15) is 12.4 Å². The zero-order chi connectivity index (χ0) is 19.5. The number of hydrogen-bond acceptors (Lipinski definition) is 10. The fraction of sp³-hybridized carbons (Fsp3) is 0.400. The summed E-state index contributed by atoms with van der Waals surface area (Å²) in [5.74, 6) is 0.400. The Balaban J connectivity index is 1.61. The first-order chi connectivity index (χ1) is 13.4. The normalized spacial score (nSPS) is 33.1. The summed E-state index contributed by atoms with van der Waals surface area (Å²) in [5.41, 5.74) is 6.89. The number of aromatic nitrogens is 4. The van der Waals surface area contributed by atoms with Gasteiger partial charge in [-0.25, -0.2) is 15.0 Å². The van der Waals surface area contributed by atoms with Crippen LogP contribution in [0.4, 0.5) is 5.82 Å². The molecule has 3 aromatic heterocycles. The van der Waals surface area contributed by atoms with Gasteiger partial charge in [-0.05, 0) is 23.3 Å². The monoisotopic (exact) mass is 441 g/mol. The largest absolute Gasteiger partial charge is 0.388 e. The molecule has 5 heterocycles. The minimum absolute atomic E-state index is 0.0318. The molecule has 5 atom stereocenters. The fourth-order valence-electron chi connectivity index (χ4n) is 3.51. The number of nitrogens with zero attached hydrogens (tertiary/aromatic N) is 4. The summed E-state index contributed by atoms with van der Waals surface area (Å²) >= 11 is 6.40. The molecule has 5 rings (SSSR count). The third-order valence-corrected chi connectivity index (χ3v) is 7.31. The molecule has 0 radical (unpaired) electrons. The zero-order valence-corrected chi connectivity index (χ0v) is 16.8. The molecule has 13 heteroatoms. The number of nitrogens with two attached hydrogens (primary N) is 1. The molecule has 0 saturated carbocycles. The van der Waals surface area contributed by atoms with Crippen LogP contribution < -0.4 is 5.73 Å². The number of anilines is 1. The molecule has 4 N–H and O–H groups in total. The smallest absolute Gasteiger partial charge is 0.324 e. The highest BCUT2D eigenvalue weighted by molar-refractivity contribution is 8.07. The predicted octanol–water partition coefficient (Wildman–Crippen LogP) is 1.28. The summed E-state index contributed by atoms with van der Waals surface area (Å²) in [6.07, 6.45) is -0.881. The van der Waals surface area contributed by atoms with Crippen molar-refractivity contribution in [2.24, 2.45) is 5.92 Å². The van der Waals surface area contributed by atoms with Crippen molar-refractivity contribution in [2.75, 3.05) is 18.9 Å². The van der Waals surface area contributed by atoms with Crippen molar-refractivity contribution in [3.63, 3.8) is 0 Å². The molecule has 0 spiro atoms. The number of aliphatic hydroxyl groups is 1. The van der Waals surface area contributed by atoms with E-state index in [9.17, 15) is 10.00 Å². The van der Waals surface area contributed by atoms with E-state index in [1.54, 1.807) is 4.57 Å². The molecule has 10 nitrogen and oxygen atoms in total. The van der Waals surface area contributed by atoms with Crippen LogP contribution in [-0.4, -0.2) is 54.9 Å². The Morgan fingerprint density at radius 2 is 2.14 bits per heavy atom. The van der Waals surface area contributed by atoms with E-state index >= 15 is 0 Å². The van der Waals surface area contributed by atoms with E-state index in [4.69, 9.17) is 31.3 Å². The lowest BCUT2D eigenvalue weighted by Crippen LogP contribution is -2.30. The van der Waals surface area contributed by atoms with E-state index in [0.29, 0.717) is 17.0 Å². The molecule has 0 aliphatic carbocycles. The molecule has 2 aliphatic rings. The molecule has 0 aromatic carbocycles. The van der Waals surface area contributed by atoms with Crippen LogP contribution >= 0.6 is 18.1 Å². The molecule has 2 aliphatic heterocycles. The second-order valence-corrected chi connectivity index (χ2v) is 10.3. The van der Waals surface area contributed by atoms with Crippen LogP contribution in [0.3, 0.4) is 0 Å². The SMILES string of the molecule is Nc1ncnc2c1nc(-c1cccs1)n2C1OC2COP(O)(=S)OCC2C1O. The summed E-state index contributed by atoms with van der Waals surface area (Å²) in [6, 6.07) is 3.82. The highest BCUT2D eigenvalue weighted by atomic mass is 32.5. The summed E-state index contributed by atoms with van der Waals surface area (Å²) in [5, 5.41) is 12.9. The van der Waals surface area contributed by atoms with Crippen molar-refractivity contribution in [1.29, 1.82) is 0 Å². The maximum Gasteiger partial charge on any atom is 0.324 e. The van der Waals surface area contributed by atoms with Crippen molar-refractivity contribution in [3.05, 3.63) is 23.8 Å². The van der Waals surface area contributed by atoms with Crippen LogP contribution in [-0.2, 0) is 25.6 Å². The molecule has 2 saturated heterocycles. The molecular formula is C15H16N5O5PS2. The summed E-state index contributed by atoms with van der Waals surface area (Å²) in [6.45, 7) is -3.23. The van der Waals surface area contributed by atoms with E-state index in [1.165, 1.54) is 17.7 Å². The quantitative estimate of drug-likeness (QED) is 0.499. The lowest BCUT2D eigenvalue weighted by atomic mass is 9.99. The zero-order valence-electron chi connectivity index (χ0n) is 14.3. The highest BCUT2D eigenvalue weighted by Crippen LogP contribution is 2.50. The van der Waals surface area contributed by atoms with E-state index in [1.807, 2.05) is 17.5 Å². The minimum Gasteiger partial charge on any atom is -0.388 e. The van der Waals surface area contributed by atoms with E-state index in [0.717, 1.165) is 4.88 Å². The van der Waals surface area contributed by atoms with Crippen molar-refractivity contribution in [3.8, 4) is 10.7 Å². The predicted molar refractivity (Wildman–Crippen MR) is 105 cm³/mol. The van der Waals surface area contributed by atoms with Gasteiger partial charge in [-0.15, -0.1) is 11.3 Å². The van der Waals surface area contributed by atoms with Gasteiger partial charge in [0.2, 0.25) is 0 Å². The van der Waals surface area contributed by atoms with E-state index in [-0.39, 0.29) is 19.0 Å². The Labute approximate surface area is 168 Å². The molecule has 3 aromatic rings. The lowest BCUT2D eigenvalue weighted by Gasteiger charge is -2.21. The van der Waals surface area contributed by atoms with Gasteiger partial charge in [0.05, 0.1) is 24.2 Å². The topological polar surface area (TPSA) is 138 Å². The number of ether oxygens (including phenoxy) is 1. The molecule has 0 amide bonds. The third kappa shape index (κ3) is 2.97. The molecule has 28 heavy (non-hydrogen) atoms. The van der Waals surface area contributed by atoms with Crippen molar-refractivity contribution in [2.45, 2.75) is 18.4 Å². The standard InChI is InChI=1S/C15H16N5O5PS2/c16-12-10-14(18-6-17-12)20(13(19-10)9-2-1-3-28-9)15-11(21)7-4-23-26(22,27)24-5-8(7)25-15/h1-3,6-8,11,15,21H,4-5H2,(H,22,27)(H2,16,17,18). The molecule has 148 valence electrons. The number of thiophene rings is 1. The van der Waals surface area contributed by atoms with E-state index < -0.39 is 31.1 Å². The number of imidazole rings is 1. The first-order valence-electron chi connectivity index (χ1n) is 8.42. The Bertz CT molecular complexity index is 1080. The number of aliphatic hydroxyl groups excluding tert-OH is 1. The van der Waals surface area contributed by atoms with Gasteiger partial charge in [-0.3, -0.25) is 4.57 Å². The Morgan fingerprint density at radius 3 is 2.93 bits per heavy atom. The Kier molecular flexibility index (Phi) is 4.49. The van der Waals surface area contributed by atoms with Crippen LogP contribution in [0.15, 0.2) is 23.8 Å². The second kappa shape index (κ2) is 6.78. The van der Waals surface area contributed by atoms with Crippen LogP contribution in [0.5, 0.6) is 0 Å². The average Bonchev–Trinajstić information content (AvgIpc) is 3.34. The summed E-state index contributed by atoms with van der Waals surface area (Å²) < 4.78 is 18.4. The highest BCUT2D eigenvalue weighted by Gasteiger charge is 2.48. The lowest BCUT2D eigenvalue weighted by molar-refractivity contribution is -0.0455. The maximum absolute atomic E-state index is 11.0. The van der Waals surface area contributed by atoms with Crippen molar-refractivity contribution >= 4 is 46.8 Å².